The molecular weight excluding hydrogens is 336 g/mol. The van der Waals surface area contributed by atoms with Gasteiger partial charge in [0.05, 0.1) is 31.2 Å². The third kappa shape index (κ3) is 3.51. The Bertz CT molecular complexity index is 757. The summed E-state index contributed by atoms with van der Waals surface area (Å²) in [5.41, 5.74) is 1.27. The smallest absolute Gasteiger partial charge is 0.146 e. The fourth-order valence-corrected chi connectivity index (χ4v) is 4.72. The van der Waals surface area contributed by atoms with Gasteiger partial charge in [-0.2, -0.15) is 0 Å². The lowest BCUT2D eigenvalue weighted by Gasteiger charge is -2.32. The van der Waals surface area contributed by atoms with Crippen molar-refractivity contribution in [2.75, 3.05) is 44.3 Å². The van der Waals surface area contributed by atoms with Gasteiger partial charge in [-0.05, 0) is 32.3 Å². The molecule has 0 radical (unpaired) electrons. The van der Waals surface area contributed by atoms with E-state index in [-0.39, 0.29) is 6.10 Å². The van der Waals surface area contributed by atoms with Crippen LogP contribution in [-0.2, 0) is 11.3 Å². The number of aliphatic hydroxyl groups is 1. The molecule has 25 heavy (non-hydrogen) atoms. The Morgan fingerprint density at radius 1 is 1.20 bits per heavy atom. The van der Waals surface area contributed by atoms with Crippen LogP contribution in [0, 0.1) is 13.8 Å². The molecule has 7 heteroatoms. The number of hydrogen-bond donors (Lipinski definition) is 1. The molecule has 1 unspecified atom stereocenters. The highest BCUT2D eigenvalue weighted by Gasteiger charge is 2.24. The lowest BCUT2D eigenvalue weighted by atomic mass is 10.1. The van der Waals surface area contributed by atoms with Crippen molar-refractivity contribution in [2.45, 2.75) is 39.3 Å². The van der Waals surface area contributed by atoms with Crippen molar-refractivity contribution in [2.24, 2.45) is 0 Å². The Labute approximate surface area is 152 Å². The van der Waals surface area contributed by atoms with Crippen molar-refractivity contribution < 1.29 is 9.84 Å². The number of thiophene rings is 1. The van der Waals surface area contributed by atoms with Crippen molar-refractivity contribution in [1.82, 2.24) is 14.9 Å². The molecule has 0 aromatic carbocycles. The second-order valence-electron chi connectivity index (χ2n) is 7.06. The first kappa shape index (κ1) is 17.1. The third-order valence-corrected chi connectivity index (χ3v) is 6.32. The minimum atomic E-state index is -0.263. The molecule has 0 spiro atoms. The highest BCUT2D eigenvalue weighted by molar-refractivity contribution is 7.18. The monoisotopic (exact) mass is 362 g/mol. The molecule has 1 atom stereocenters. The van der Waals surface area contributed by atoms with Crippen LogP contribution in [0.25, 0.3) is 10.2 Å². The summed E-state index contributed by atoms with van der Waals surface area (Å²) in [4.78, 5) is 16.8. The van der Waals surface area contributed by atoms with E-state index in [1.54, 1.807) is 11.3 Å². The molecule has 2 aromatic heterocycles. The summed E-state index contributed by atoms with van der Waals surface area (Å²) in [5.74, 6) is 1.89. The fourth-order valence-electron chi connectivity index (χ4n) is 3.68. The number of rotatable bonds is 3. The molecule has 0 bridgehead atoms. The van der Waals surface area contributed by atoms with Gasteiger partial charge in [-0.3, -0.25) is 4.90 Å². The highest BCUT2D eigenvalue weighted by atomic mass is 32.1. The minimum absolute atomic E-state index is 0.263. The Morgan fingerprint density at radius 2 is 2.00 bits per heavy atom. The molecule has 0 aliphatic carbocycles. The van der Waals surface area contributed by atoms with Crippen LogP contribution in [0.1, 0.15) is 29.1 Å². The quantitative estimate of drug-likeness (QED) is 0.902. The van der Waals surface area contributed by atoms with Crippen molar-refractivity contribution >= 4 is 27.4 Å². The molecule has 1 N–H and O–H groups in total. The van der Waals surface area contributed by atoms with Gasteiger partial charge in [0.2, 0.25) is 0 Å². The highest BCUT2D eigenvalue weighted by Crippen LogP contribution is 2.36. The van der Waals surface area contributed by atoms with E-state index < -0.39 is 0 Å². The van der Waals surface area contributed by atoms with Gasteiger partial charge in [-0.25, -0.2) is 9.97 Å². The molecule has 4 rings (SSSR count). The van der Waals surface area contributed by atoms with Crippen LogP contribution in [0.2, 0.25) is 0 Å². The zero-order valence-electron chi connectivity index (χ0n) is 15.0. The Kier molecular flexibility index (Phi) is 4.90. The van der Waals surface area contributed by atoms with Gasteiger partial charge < -0.3 is 14.7 Å². The topological polar surface area (TPSA) is 61.7 Å². The van der Waals surface area contributed by atoms with Crippen molar-refractivity contribution in [3.8, 4) is 0 Å². The van der Waals surface area contributed by atoms with Gasteiger partial charge in [0.25, 0.3) is 0 Å². The maximum Gasteiger partial charge on any atom is 0.146 e. The van der Waals surface area contributed by atoms with E-state index >= 15 is 0 Å². The predicted molar refractivity (Wildman–Crippen MR) is 100 cm³/mol. The number of piperidine rings is 1. The zero-order chi connectivity index (χ0) is 17.4. The average Bonchev–Trinajstić information content (AvgIpc) is 2.89. The molecule has 2 saturated heterocycles. The van der Waals surface area contributed by atoms with E-state index in [2.05, 4.69) is 23.6 Å². The molecule has 4 heterocycles. The Hall–Kier alpha value is -1.28. The number of hydrogen-bond acceptors (Lipinski definition) is 7. The third-order valence-electron chi connectivity index (χ3n) is 5.22. The number of morpholine rings is 1. The molecule has 2 aliphatic heterocycles. The lowest BCUT2D eigenvalue weighted by Crippen LogP contribution is -2.39. The van der Waals surface area contributed by atoms with Crippen LogP contribution in [0.15, 0.2) is 0 Å². The summed E-state index contributed by atoms with van der Waals surface area (Å²) in [6, 6.07) is 0. The van der Waals surface area contributed by atoms with Crippen LogP contribution >= 0.6 is 11.3 Å². The summed E-state index contributed by atoms with van der Waals surface area (Å²) in [6.07, 6.45) is 1.63. The standard InChI is InChI=1S/C18H26N4O2S/c1-12-13(2)25-18-16(12)17(22-5-3-4-14(23)10-22)19-15(20-18)11-21-6-8-24-9-7-21/h14,23H,3-11H2,1-2H3. The summed E-state index contributed by atoms with van der Waals surface area (Å²) >= 11 is 1.75. The summed E-state index contributed by atoms with van der Waals surface area (Å²) in [6.45, 7) is 10.1. The number of aliphatic hydroxyl groups excluding tert-OH is 1. The van der Waals surface area contributed by atoms with E-state index in [4.69, 9.17) is 14.7 Å². The number of nitrogens with zero attached hydrogens (tertiary/aromatic N) is 4. The van der Waals surface area contributed by atoms with Gasteiger partial charge in [-0.1, -0.05) is 0 Å². The first-order valence-electron chi connectivity index (χ1n) is 9.11. The van der Waals surface area contributed by atoms with E-state index in [0.717, 1.165) is 68.7 Å². The first-order chi connectivity index (χ1) is 12.1. The van der Waals surface area contributed by atoms with Crippen molar-refractivity contribution in [3.05, 3.63) is 16.3 Å². The summed E-state index contributed by atoms with van der Waals surface area (Å²) in [5, 5.41) is 11.3. The molecule has 0 amide bonds. The van der Waals surface area contributed by atoms with Gasteiger partial charge >= 0.3 is 0 Å². The van der Waals surface area contributed by atoms with Crippen LogP contribution in [0.5, 0.6) is 0 Å². The number of aryl methyl sites for hydroxylation is 2. The number of ether oxygens (including phenoxy) is 1. The van der Waals surface area contributed by atoms with E-state index in [9.17, 15) is 5.11 Å². The van der Waals surface area contributed by atoms with Crippen LogP contribution in [0.3, 0.4) is 0 Å². The second kappa shape index (κ2) is 7.15. The predicted octanol–water partition coefficient (Wildman–Crippen LogP) is 2.10. The molecule has 0 saturated carbocycles. The van der Waals surface area contributed by atoms with Gasteiger partial charge in [-0.15, -0.1) is 11.3 Å². The second-order valence-corrected chi connectivity index (χ2v) is 8.26. The van der Waals surface area contributed by atoms with E-state index in [1.807, 2.05) is 0 Å². The average molecular weight is 362 g/mol. The minimum Gasteiger partial charge on any atom is -0.391 e. The number of fused-ring (bicyclic) bond motifs is 1. The maximum atomic E-state index is 10.1. The first-order valence-corrected chi connectivity index (χ1v) is 9.93. The molecular formula is C18H26N4O2S. The zero-order valence-corrected chi connectivity index (χ0v) is 15.8. The summed E-state index contributed by atoms with van der Waals surface area (Å²) < 4.78 is 5.44. The number of anilines is 1. The molecule has 2 aliphatic rings. The van der Waals surface area contributed by atoms with Gasteiger partial charge in [0.1, 0.15) is 16.5 Å². The van der Waals surface area contributed by atoms with Crippen LogP contribution in [0.4, 0.5) is 5.82 Å². The molecule has 2 fully saturated rings. The van der Waals surface area contributed by atoms with E-state index in [0.29, 0.717) is 6.54 Å². The summed E-state index contributed by atoms with van der Waals surface area (Å²) in [7, 11) is 0. The fraction of sp³-hybridized carbons (Fsp3) is 0.667. The van der Waals surface area contributed by atoms with Crippen LogP contribution in [-0.4, -0.2) is 65.5 Å². The van der Waals surface area contributed by atoms with Gasteiger partial charge in [0, 0.05) is 31.1 Å². The largest absolute Gasteiger partial charge is 0.391 e. The molecule has 6 nitrogen and oxygen atoms in total. The number of β-amino-alcohol motifs (C(OH)–C–C–N with tert-alkyl or cyclic N) is 1. The Morgan fingerprint density at radius 3 is 2.76 bits per heavy atom. The normalized spacial score (nSPS) is 22.7. The van der Waals surface area contributed by atoms with Crippen molar-refractivity contribution in [1.29, 1.82) is 0 Å². The number of aromatic nitrogens is 2. The van der Waals surface area contributed by atoms with Gasteiger partial charge in [0.15, 0.2) is 0 Å². The Balaban J connectivity index is 1.72. The van der Waals surface area contributed by atoms with E-state index in [1.165, 1.54) is 15.8 Å². The molecule has 2 aromatic rings. The molecule has 136 valence electrons. The van der Waals surface area contributed by atoms with Crippen LogP contribution < -0.4 is 4.90 Å². The van der Waals surface area contributed by atoms with Crippen molar-refractivity contribution in [3.63, 3.8) is 0 Å². The SMILES string of the molecule is Cc1sc2nc(CN3CCOCC3)nc(N3CCCC(O)C3)c2c1C. The maximum absolute atomic E-state index is 10.1. The lowest BCUT2D eigenvalue weighted by molar-refractivity contribution is 0.0331.